The Bertz CT molecular complexity index is 1020. The largest absolute Gasteiger partial charge is 0.567 e. The molecule has 6 nitrogen and oxygen atoms in total. The Balaban J connectivity index is 2.74. The lowest BCUT2D eigenvalue weighted by Crippen LogP contribution is -2.48. The van der Waals surface area contributed by atoms with Gasteiger partial charge in [-0.15, -0.1) is 5.46 Å². The van der Waals surface area contributed by atoms with Crippen LogP contribution in [0.5, 0.6) is 5.75 Å². The van der Waals surface area contributed by atoms with E-state index < -0.39 is 57.7 Å². The van der Waals surface area contributed by atoms with Crippen molar-refractivity contribution in [3.8, 4) is 16.9 Å². The van der Waals surface area contributed by atoms with Gasteiger partial charge in [0.1, 0.15) is 65.2 Å². The summed E-state index contributed by atoms with van der Waals surface area (Å²) >= 11 is 0. The lowest BCUT2D eigenvalue weighted by atomic mass is 9.63. The van der Waals surface area contributed by atoms with Crippen LogP contribution in [0.2, 0.25) is 0 Å². The molecular formula is C14H2B9FN2O4. The number of carbonyl (C=O) groups is 2. The monoisotopic (exact) mass is 380 g/mol. The molecule has 126 valence electrons. The third kappa shape index (κ3) is 4.09. The maximum Gasteiger partial charge on any atom is 0.378 e. The van der Waals surface area contributed by atoms with Crippen molar-refractivity contribution in [2.45, 2.75) is 0 Å². The minimum absolute atomic E-state index is 0.225. The molecule has 2 aromatic rings. The first kappa shape index (κ1) is 23.9. The zero-order chi connectivity index (χ0) is 22.9. The Hall–Kier alpha value is -2.38. The second kappa shape index (κ2) is 9.19. The second-order valence-electron chi connectivity index (χ2n) is 5.85. The first-order valence-corrected chi connectivity index (χ1v) is 7.81. The van der Waals surface area contributed by atoms with Gasteiger partial charge in [-0.3, -0.25) is 14.6 Å². The summed E-state index contributed by atoms with van der Waals surface area (Å²) in [5.41, 5.74) is -3.46. The van der Waals surface area contributed by atoms with Crippen LogP contribution in [0.15, 0.2) is 0 Å². The van der Waals surface area contributed by atoms with E-state index in [1.165, 1.54) is 0 Å². The van der Waals surface area contributed by atoms with Crippen molar-refractivity contribution in [1.82, 2.24) is 9.79 Å². The molecule has 0 fully saturated rings. The number of amides is 1. The zero-order valence-electron chi connectivity index (χ0n) is 15.3. The van der Waals surface area contributed by atoms with Crippen molar-refractivity contribution < 1.29 is 23.3 Å². The van der Waals surface area contributed by atoms with E-state index in [-0.39, 0.29) is 22.1 Å². The van der Waals surface area contributed by atoms with Gasteiger partial charge in [0.2, 0.25) is 7.98 Å². The third-order valence-corrected chi connectivity index (χ3v) is 4.07. The van der Waals surface area contributed by atoms with E-state index in [0.29, 0.717) is 4.81 Å². The number of aromatic nitrogens is 1. The minimum atomic E-state index is -1.09. The average Bonchev–Trinajstić information content (AvgIpc) is 2.71. The zero-order valence-corrected chi connectivity index (χ0v) is 15.3. The molecule has 0 bridgehead atoms. The van der Waals surface area contributed by atoms with Gasteiger partial charge in [-0.25, -0.2) is 4.39 Å². The van der Waals surface area contributed by atoms with Gasteiger partial charge in [0.05, 0.1) is 0 Å². The van der Waals surface area contributed by atoms with Gasteiger partial charge >= 0.3 is 22.1 Å². The van der Waals surface area contributed by atoms with E-state index in [9.17, 15) is 14.0 Å². The molecule has 0 unspecified atom stereocenters. The van der Waals surface area contributed by atoms with Gasteiger partial charge in [-0.1, -0.05) is 16.4 Å². The standard InChI is InChI=1S/C14H2B9FN2O4/c15-5-3(6(16)10(24)9(19)8(5)18)4-7(17)12(30-23)11(25-13(4)20)14(28)26(21)1-2(27)29-22/h1H2. The van der Waals surface area contributed by atoms with Gasteiger partial charge in [0.25, 0.3) is 5.91 Å². The molecule has 0 spiro atoms. The summed E-state index contributed by atoms with van der Waals surface area (Å²) in [7, 11) is 50.2. The van der Waals surface area contributed by atoms with Crippen LogP contribution in [-0.2, 0) is 9.45 Å². The highest BCUT2D eigenvalue weighted by Gasteiger charge is 2.26. The molecule has 18 radical (unpaired) electrons. The van der Waals surface area contributed by atoms with E-state index in [0.717, 1.165) is 0 Å². The first-order chi connectivity index (χ1) is 14.0. The number of carbonyl (C=O) groups excluding carboxylic acids is 2. The van der Waals surface area contributed by atoms with Gasteiger partial charge in [0.15, 0.2) is 5.69 Å². The summed E-state index contributed by atoms with van der Waals surface area (Å²) in [5, 5.41) is 0. The SMILES string of the molecule is [B]OC(=O)CN([B])C(=O)c1nc([B])c(-c2c([B])c([B])c([B])c(F)c2[B])c([B])c1O[B]. The summed E-state index contributed by atoms with van der Waals surface area (Å²) < 4.78 is 22.9. The number of hydrogen-bond acceptors (Lipinski definition) is 5. The average molecular weight is 378 g/mol. The Morgan fingerprint density at radius 1 is 0.900 bits per heavy atom. The number of pyridine rings is 1. The molecule has 0 atom stereocenters. The maximum atomic E-state index is 14.4. The molecule has 0 N–H and O–H groups in total. The Kier molecular flexibility index (Phi) is 7.32. The molecule has 0 aliphatic rings. The van der Waals surface area contributed by atoms with E-state index in [4.69, 9.17) is 71.2 Å². The molecule has 1 heterocycles. The van der Waals surface area contributed by atoms with Crippen LogP contribution in [0.1, 0.15) is 10.5 Å². The van der Waals surface area contributed by atoms with Crippen LogP contribution in [-0.4, -0.2) is 99.4 Å². The molecule has 16 heteroatoms. The summed E-state index contributed by atoms with van der Waals surface area (Å²) in [6.07, 6.45) is 0. The topological polar surface area (TPSA) is 68.7 Å². The molecule has 1 aromatic carbocycles. The highest BCUT2D eigenvalue weighted by molar-refractivity contribution is 6.62. The van der Waals surface area contributed by atoms with Crippen LogP contribution in [0, 0.1) is 5.82 Å². The summed E-state index contributed by atoms with van der Waals surface area (Å²) in [6.45, 7) is -0.748. The van der Waals surface area contributed by atoms with Gasteiger partial charge in [0, 0.05) is 0 Å². The summed E-state index contributed by atoms with van der Waals surface area (Å²) in [6, 6.07) is 0. The highest BCUT2D eigenvalue weighted by atomic mass is 19.1. The summed E-state index contributed by atoms with van der Waals surface area (Å²) in [4.78, 5) is 28.0. The number of rotatable bonds is 5. The Labute approximate surface area is 184 Å². The second-order valence-corrected chi connectivity index (χ2v) is 5.85. The Morgan fingerprint density at radius 2 is 1.50 bits per heavy atom. The van der Waals surface area contributed by atoms with Crippen molar-refractivity contribution in [2.24, 2.45) is 0 Å². The molecule has 30 heavy (non-hydrogen) atoms. The molecule has 0 saturated heterocycles. The number of hydrogen-bond donors (Lipinski definition) is 0. The number of halogens is 1. The molecule has 1 aromatic heterocycles. The fourth-order valence-electron chi connectivity index (χ4n) is 2.58. The van der Waals surface area contributed by atoms with Crippen molar-refractivity contribution >= 4 is 116 Å². The maximum absolute atomic E-state index is 14.4. The Morgan fingerprint density at radius 3 is 2.03 bits per heavy atom. The van der Waals surface area contributed by atoms with E-state index in [1.807, 2.05) is 0 Å². The fraction of sp³-hybridized carbons (Fsp3) is 0.0714. The number of nitrogens with zero attached hydrogens (tertiary/aromatic N) is 2. The smallest absolute Gasteiger partial charge is 0.378 e. The van der Waals surface area contributed by atoms with Crippen LogP contribution < -0.4 is 37.6 Å². The van der Waals surface area contributed by atoms with Gasteiger partial charge in [-0.05, 0) is 22.2 Å². The van der Waals surface area contributed by atoms with Crippen molar-refractivity contribution in [2.75, 3.05) is 6.54 Å². The molecule has 0 aliphatic heterocycles. The molecule has 1 amide bonds. The molecule has 0 aliphatic carbocycles. The van der Waals surface area contributed by atoms with Crippen LogP contribution >= 0.6 is 0 Å². The predicted molar refractivity (Wildman–Crippen MR) is 117 cm³/mol. The molecular weight excluding hydrogens is 376 g/mol. The van der Waals surface area contributed by atoms with Crippen LogP contribution in [0.3, 0.4) is 0 Å². The van der Waals surface area contributed by atoms with Crippen LogP contribution in [0.4, 0.5) is 4.39 Å². The van der Waals surface area contributed by atoms with Crippen molar-refractivity contribution in [3.63, 3.8) is 0 Å². The molecule has 0 saturated carbocycles. The first-order valence-electron chi connectivity index (χ1n) is 7.81. The van der Waals surface area contributed by atoms with Crippen molar-refractivity contribution in [1.29, 1.82) is 0 Å². The van der Waals surface area contributed by atoms with E-state index >= 15 is 0 Å². The van der Waals surface area contributed by atoms with E-state index in [1.54, 1.807) is 0 Å². The number of benzene rings is 1. The lowest BCUT2D eigenvalue weighted by Gasteiger charge is -2.25. The normalized spacial score (nSPS) is 10.4. The summed E-state index contributed by atoms with van der Waals surface area (Å²) in [5.74, 6) is -3.71. The van der Waals surface area contributed by atoms with Crippen LogP contribution in [0.25, 0.3) is 11.1 Å². The predicted octanol–water partition coefficient (Wildman–Crippen LogP) is -6.73. The van der Waals surface area contributed by atoms with Crippen molar-refractivity contribution in [3.05, 3.63) is 11.5 Å². The lowest BCUT2D eigenvalue weighted by molar-refractivity contribution is -0.133. The minimum Gasteiger partial charge on any atom is -0.567 e. The highest BCUT2D eigenvalue weighted by Crippen LogP contribution is 2.19. The molecule has 2 rings (SSSR count). The van der Waals surface area contributed by atoms with Gasteiger partial charge in [-0.2, -0.15) is 0 Å². The fourth-order valence-corrected chi connectivity index (χ4v) is 2.58. The van der Waals surface area contributed by atoms with Gasteiger partial charge < -0.3 is 14.1 Å². The quantitative estimate of drug-likeness (QED) is 0.484. The third-order valence-electron chi connectivity index (χ3n) is 4.07. The van der Waals surface area contributed by atoms with E-state index in [2.05, 4.69) is 14.3 Å².